The largest absolute Gasteiger partial charge is 0.383 e. The van der Waals surface area contributed by atoms with E-state index in [0.717, 1.165) is 25.2 Å². The molecule has 1 aromatic rings. The van der Waals surface area contributed by atoms with E-state index >= 15 is 0 Å². The summed E-state index contributed by atoms with van der Waals surface area (Å²) in [7, 11) is 0. The molecule has 1 atom stereocenters. The summed E-state index contributed by atoms with van der Waals surface area (Å²) < 4.78 is 12.7. The second-order valence-electron chi connectivity index (χ2n) is 5.66. The number of aliphatic hydroxyl groups excluding tert-OH is 1. The van der Waals surface area contributed by atoms with Crippen LogP contribution in [-0.4, -0.2) is 51.1 Å². The molecular formula is C14H21FN4O2. The minimum atomic E-state index is -0.935. The molecule has 0 radical (unpaired) electrons. The van der Waals surface area contributed by atoms with E-state index in [1.165, 1.54) is 0 Å². The lowest BCUT2D eigenvalue weighted by Crippen LogP contribution is -2.47. The zero-order valence-electron chi connectivity index (χ0n) is 12.3. The average molecular weight is 296 g/mol. The maximum absolute atomic E-state index is 12.7. The van der Waals surface area contributed by atoms with Crippen molar-refractivity contribution in [2.24, 2.45) is 5.92 Å². The van der Waals surface area contributed by atoms with E-state index < -0.39 is 11.9 Å². The van der Waals surface area contributed by atoms with Crippen LogP contribution in [0.15, 0.2) is 12.4 Å². The number of carbonyl (C=O) groups is 1. The van der Waals surface area contributed by atoms with Crippen molar-refractivity contribution in [1.82, 2.24) is 14.9 Å². The SMILES string of the molecule is CC(C)[C@@H](O)C(=O)N1CCC(Nc2ncc(F)cn2)CC1. The van der Waals surface area contributed by atoms with E-state index in [1.54, 1.807) is 4.90 Å². The molecule has 116 valence electrons. The molecule has 1 amide bonds. The molecule has 1 aliphatic heterocycles. The fourth-order valence-corrected chi connectivity index (χ4v) is 2.29. The van der Waals surface area contributed by atoms with Gasteiger partial charge in [-0.05, 0) is 18.8 Å². The number of rotatable bonds is 4. The normalized spacial score (nSPS) is 17.9. The Bertz CT molecular complexity index is 472. The minimum Gasteiger partial charge on any atom is -0.383 e. The van der Waals surface area contributed by atoms with Crippen molar-refractivity contribution in [3.05, 3.63) is 18.2 Å². The highest BCUT2D eigenvalue weighted by atomic mass is 19.1. The molecule has 1 aromatic heterocycles. The van der Waals surface area contributed by atoms with Gasteiger partial charge in [0.25, 0.3) is 5.91 Å². The number of hydrogen-bond acceptors (Lipinski definition) is 5. The summed E-state index contributed by atoms with van der Waals surface area (Å²) in [6.07, 6.45) is 2.80. The number of anilines is 1. The Morgan fingerprint density at radius 2 is 1.95 bits per heavy atom. The van der Waals surface area contributed by atoms with Gasteiger partial charge in [0.2, 0.25) is 5.95 Å². The van der Waals surface area contributed by atoms with Crippen molar-refractivity contribution < 1.29 is 14.3 Å². The fourth-order valence-electron chi connectivity index (χ4n) is 2.29. The first kappa shape index (κ1) is 15.6. The molecule has 0 bridgehead atoms. The maximum Gasteiger partial charge on any atom is 0.251 e. The van der Waals surface area contributed by atoms with Gasteiger partial charge in [-0.1, -0.05) is 13.8 Å². The van der Waals surface area contributed by atoms with Crippen LogP contribution < -0.4 is 5.32 Å². The third kappa shape index (κ3) is 4.10. The number of piperidine rings is 1. The highest BCUT2D eigenvalue weighted by Crippen LogP contribution is 2.16. The van der Waals surface area contributed by atoms with Gasteiger partial charge in [-0.2, -0.15) is 0 Å². The van der Waals surface area contributed by atoms with Crippen molar-refractivity contribution in [1.29, 1.82) is 0 Å². The van der Waals surface area contributed by atoms with Crippen molar-refractivity contribution in [2.75, 3.05) is 18.4 Å². The Morgan fingerprint density at radius 1 is 1.38 bits per heavy atom. The summed E-state index contributed by atoms with van der Waals surface area (Å²) in [6, 6.07) is 0.149. The third-order valence-electron chi connectivity index (χ3n) is 3.64. The van der Waals surface area contributed by atoms with Crippen LogP contribution in [0.3, 0.4) is 0 Å². The first-order valence-corrected chi connectivity index (χ1v) is 7.18. The quantitative estimate of drug-likeness (QED) is 0.868. The predicted octanol–water partition coefficient (Wildman–Crippen LogP) is 1.04. The predicted molar refractivity (Wildman–Crippen MR) is 76.1 cm³/mol. The lowest BCUT2D eigenvalue weighted by Gasteiger charge is -2.34. The van der Waals surface area contributed by atoms with Gasteiger partial charge in [0.05, 0.1) is 12.4 Å². The van der Waals surface area contributed by atoms with Crippen LogP contribution in [0, 0.1) is 11.7 Å². The number of carbonyl (C=O) groups excluding carboxylic acids is 1. The molecule has 1 aliphatic rings. The number of likely N-dealkylation sites (tertiary alicyclic amines) is 1. The Kier molecular flexibility index (Phi) is 5.06. The third-order valence-corrected chi connectivity index (χ3v) is 3.64. The molecule has 0 aliphatic carbocycles. The summed E-state index contributed by atoms with van der Waals surface area (Å²) in [6.45, 7) is 4.81. The standard InChI is InChI=1S/C14H21FN4O2/c1-9(2)12(20)13(21)19-5-3-11(4-6-19)18-14-16-7-10(15)8-17-14/h7-9,11-12,20H,3-6H2,1-2H3,(H,16,17,18)/t12-/m1/s1. The number of amides is 1. The van der Waals surface area contributed by atoms with Crippen molar-refractivity contribution >= 4 is 11.9 Å². The van der Waals surface area contributed by atoms with Gasteiger partial charge in [-0.25, -0.2) is 14.4 Å². The van der Waals surface area contributed by atoms with Crippen LogP contribution in [0.1, 0.15) is 26.7 Å². The molecule has 2 rings (SSSR count). The van der Waals surface area contributed by atoms with Crippen LogP contribution in [-0.2, 0) is 4.79 Å². The highest BCUT2D eigenvalue weighted by molar-refractivity contribution is 5.81. The van der Waals surface area contributed by atoms with Crippen LogP contribution in [0.2, 0.25) is 0 Å². The number of hydrogen-bond donors (Lipinski definition) is 2. The summed E-state index contributed by atoms with van der Waals surface area (Å²) in [4.78, 5) is 21.4. The molecule has 0 saturated carbocycles. The molecule has 1 saturated heterocycles. The zero-order valence-corrected chi connectivity index (χ0v) is 12.3. The first-order chi connectivity index (χ1) is 9.97. The zero-order chi connectivity index (χ0) is 15.4. The lowest BCUT2D eigenvalue weighted by atomic mass is 10.0. The molecule has 7 heteroatoms. The lowest BCUT2D eigenvalue weighted by molar-refractivity contribution is -0.143. The van der Waals surface area contributed by atoms with Crippen molar-refractivity contribution in [3.63, 3.8) is 0 Å². The second kappa shape index (κ2) is 6.80. The second-order valence-corrected chi connectivity index (χ2v) is 5.66. The molecule has 0 spiro atoms. The molecular weight excluding hydrogens is 275 g/mol. The number of halogens is 1. The van der Waals surface area contributed by atoms with Crippen LogP contribution in [0.5, 0.6) is 0 Å². The number of aromatic nitrogens is 2. The molecule has 21 heavy (non-hydrogen) atoms. The van der Waals surface area contributed by atoms with Crippen LogP contribution >= 0.6 is 0 Å². The maximum atomic E-state index is 12.7. The summed E-state index contributed by atoms with van der Waals surface area (Å²) in [5.41, 5.74) is 0. The van der Waals surface area contributed by atoms with E-state index in [4.69, 9.17) is 0 Å². The molecule has 2 heterocycles. The summed E-state index contributed by atoms with van der Waals surface area (Å²) in [5.74, 6) is -0.366. The van der Waals surface area contributed by atoms with E-state index in [9.17, 15) is 14.3 Å². The van der Waals surface area contributed by atoms with E-state index in [1.807, 2.05) is 13.8 Å². The minimum absolute atomic E-state index is 0.0824. The molecule has 0 unspecified atom stereocenters. The Morgan fingerprint density at radius 3 is 2.48 bits per heavy atom. The molecule has 2 N–H and O–H groups in total. The average Bonchev–Trinajstić information content (AvgIpc) is 2.49. The molecule has 6 nitrogen and oxygen atoms in total. The van der Waals surface area contributed by atoms with Gasteiger partial charge < -0.3 is 15.3 Å². The summed E-state index contributed by atoms with van der Waals surface area (Å²) >= 11 is 0. The van der Waals surface area contributed by atoms with Gasteiger partial charge in [0, 0.05) is 19.1 Å². The Hall–Kier alpha value is -1.76. The monoisotopic (exact) mass is 296 g/mol. The highest BCUT2D eigenvalue weighted by Gasteiger charge is 2.28. The van der Waals surface area contributed by atoms with E-state index in [2.05, 4.69) is 15.3 Å². The molecule has 0 aromatic carbocycles. The van der Waals surface area contributed by atoms with Crippen molar-refractivity contribution in [2.45, 2.75) is 38.8 Å². The Balaban J connectivity index is 1.83. The topological polar surface area (TPSA) is 78.4 Å². The van der Waals surface area contributed by atoms with E-state index in [0.29, 0.717) is 19.0 Å². The molecule has 1 fully saturated rings. The van der Waals surface area contributed by atoms with Crippen molar-refractivity contribution in [3.8, 4) is 0 Å². The van der Waals surface area contributed by atoms with Gasteiger partial charge in [0.15, 0.2) is 5.82 Å². The fraction of sp³-hybridized carbons (Fsp3) is 0.643. The number of nitrogens with zero attached hydrogens (tertiary/aromatic N) is 3. The van der Waals surface area contributed by atoms with Gasteiger partial charge >= 0.3 is 0 Å². The summed E-state index contributed by atoms with van der Waals surface area (Å²) in [5, 5.41) is 12.9. The van der Waals surface area contributed by atoms with Gasteiger partial charge in [-0.3, -0.25) is 4.79 Å². The van der Waals surface area contributed by atoms with Crippen LogP contribution in [0.25, 0.3) is 0 Å². The van der Waals surface area contributed by atoms with E-state index in [-0.39, 0.29) is 17.9 Å². The van der Waals surface area contributed by atoms with Gasteiger partial charge in [0.1, 0.15) is 6.10 Å². The first-order valence-electron chi connectivity index (χ1n) is 7.18. The Labute approximate surface area is 123 Å². The van der Waals surface area contributed by atoms with Gasteiger partial charge in [-0.15, -0.1) is 0 Å². The van der Waals surface area contributed by atoms with Crippen LogP contribution in [0.4, 0.5) is 10.3 Å². The number of aliphatic hydroxyl groups is 1. The number of nitrogens with one attached hydrogen (secondary N) is 1. The smallest absolute Gasteiger partial charge is 0.251 e.